The lowest BCUT2D eigenvalue weighted by molar-refractivity contribution is 0.0132. The maximum Gasteiger partial charge on any atom is 0.104 e. The van der Waals surface area contributed by atoms with Crippen LogP contribution in [0.3, 0.4) is 0 Å². The molecule has 68 valence electrons. The van der Waals surface area contributed by atoms with E-state index in [1.54, 1.807) is 0 Å². The molecule has 1 N–H and O–H groups in total. The third kappa shape index (κ3) is 4.38. The molecule has 0 heterocycles. The van der Waals surface area contributed by atoms with Gasteiger partial charge in [0.05, 0.1) is 0 Å². The molecular weight excluding hydrogens is 138 g/mol. The van der Waals surface area contributed by atoms with Gasteiger partial charge in [-0.15, -0.1) is 0 Å². The second-order valence-electron chi connectivity index (χ2n) is 3.23. The van der Waals surface area contributed by atoms with Gasteiger partial charge in [0.1, 0.15) is 6.23 Å². The molecule has 2 heteroatoms. The van der Waals surface area contributed by atoms with Crippen LogP contribution in [0.1, 0.15) is 34.1 Å². The molecule has 0 fully saturated rings. The Morgan fingerprint density at radius 3 is 2.09 bits per heavy atom. The maximum absolute atomic E-state index is 9.28. The van der Waals surface area contributed by atoms with Gasteiger partial charge in [-0.3, -0.25) is 4.90 Å². The first-order valence-corrected chi connectivity index (χ1v) is 4.53. The van der Waals surface area contributed by atoms with Crippen molar-refractivity contribution >= 4 is 0 Å². The summed E-state index contributed by atoms with van der Waals surface area (Å²) in [5.74, 6) is 0.685. The van der Waals surface area contributed by atoms with E-state index in [4.69, 9.17) is 0 Å². The lowest BCUT2D eigenvalue weighted by Crippen LogP contribution is -2.35. The summed E-state index contributed by atoms with van der Waals surface area (Å²) in [6.07, 6.45) is 0.887. The molecule has 2 nitrogen and oxygen atoms in total. The Labute approximate surface area is 70.2 Å². The van der Waals surface area contributed by atoms with Crippen molar-refractivity contribution in [2.45, 2.75) is 40.3 Å². The van der Waals surface area contributed by atoms with Gasteiger partial charge < -0.3 is 5.11 Å². The third-order valence-electron chi connectivity index (χ3n) is 2.18. The van der Waals surface area contributed by atoms with Gasteiger partial charge in [-0.1, -0.05) is 27.2 Å². The van der Waals surface area contributed by atoms with Crippen LogP contribution in [0.2, 0.25) is 0 Å². The number of hydrogen-bond acceptors (Lipinski definition) is 2. The van der Waals surface area contributed by atoms with Crippen LogP contribution in [0.5, 0.6) is 0 Å². The van der Waals surface area contributed by atoms with Crippen molar-refractivity contribution in [3.63, 3.8) is 0 Å². The normalized spacial score (nSPS) is 16.9. The standard InChI is InChI=1S/C9H21NO/c1-5-8(3)7-10(6-2)9(4)11/h8-9,11H,5-7H2,1-4H3/t8-,9?/m1/s1. The maximum atomic E-state index is 9.28. The van der Waals surface area contributed by atoms with Crippen LogP contribution in [0, 0.1) is 5.92 Å². The number of nitrogens with zero attached hydrogens (tertiary/aromatic N) is 1. The first-order chi connectivity index (χ1) is 5.11. The zero-order valence-electron chi connectivity index (χ0n) is 8.17. The van der Waals surface area contributed by atoms with Crippen molar-refractivity contribution in [2.24, 2.45) is 5.92 Å². The minimum Gasteiger partial charge on any atom is -0.379 e. The molecule has 11 heavy (non-hydrogen) atoms. The van der Waals surface area contributed by atoms with Gasteiger partial charge >= 0.3 is 0 Å². The molecule has 0 saturated heterocycles. The average Bonchev–Trinajstić information content (AvgIpc) is 1.99. The summed E-state index contributed by atoms with van der Waals surface area (Å²) in [7, 11) is 0. The molecular formula is C9H21NO. The van der Waals surface area contributed by atoms with Crippen LogP contribution >= 0.6 is 0 Å². The van der Waals surface area contributed by atoms with Crippen molar-refractivity contribution in [1.29, 1.82) is 0 Å². The van der Waals surface area contributed by atoms with Gasteiger partial charge in [0.15, 0.2) is 0 Å². The highest BCUT2D eigenvalue weighted by molar-refractivity contribution is 4.60. The van der Waals surface area contributed by atoms with Crippen molar-refractivity contribution in [2.75, 3.05) is 13.1 Å². The Balaban J connectivity index is 3.68. The topological polar surface area (TPSA) is 23.5 Å². The Kier molecular flexibility index (Phi) is 5.51. The van der Waals surface area contributed by atoms with E-state index in [9.17, 15) is 5.11 Å². The van der Waals surface area contributed by atoms with Gasteiger partial charge in [-0.05, 0) is 19.4 Å². The van der Waals surface area contributed by atoms with Crippen molar-refractivity contribution in [1.82, 2.24) is 4.90 Å². The molecule has 2 atom stereocenters. The van der Waals surface area contributed by atoms with Crippen LogP contribution in [0.4, 0.5) is 0 Å². The van der Waals surface area contributed by atoms with Gasteiger partial charge in [0.25, 0.3) is 0 Å². The van der Waals surface area contributed by atoms with Crippen molar-refractivity contribution in [3.8, 4) is 0 Å². The summed E-state index contributed by atoms with van der Waals surface area (Å²) in [6.45, 7) is 10.2. The first kappa shape index (κ1) is 10.9. The molecule has 0 aromatic rings. The number of hydrogen-bond donors (Lipinski definition) is 1. The van der Waals surface area contributed by atoms with Crippen molar-refractivity contribution < 1.29 is 5.11 Å². The molecule has 1 unspecified atom stereocenters. The molecule has 0 rings (SSSR count). The monoisotopic (exact) mass is 159 g/mol. The van der Waals surface area contributed by atoms with E-state index >= 15 is 0 Å². The van der Waals surface area contributed by atoms with Crippen LogP contribution in [0.25, 0.3) is 0 Å². The van der Waals surface area contributed by atoms with E-state index in [1.807, 2.05) is 6.92 Å². The van der Waals surface area contributed by atoms with Crippen LogP contribution in [-0.4, -0.2) is 29.3 Å². The van der Waals surface area contributed by atoms with E-state index in [0.717, 1.165) is 13.1 Å². The molecule has 0 bridgehead atoms. The fraction of sp³-hybridized carbons (Fsp3) is 1.00. The number of rotatable bonds is 5. The van der Waals surface area contributed by atoms with Gasteiger partial charge in [0.2, 0.25) is 0 Å². The Morgan fingerprint density at radius 2 is 1.82 bits per heavy atom. The van der Waals surface area contributed by atoms with E-state index in [0.29, 0.717) is 5.92 Å². The largest absolute Gasteiger partial charge is 0.379 e. The molecule has 0 spiro atoms. The molecule has 0 saturated carbocycles. The average molecular weight is 159 g/mol. The second kappa shape index (κ2) is 5.56. The van der Waals surface area contributed by atoms with Gasteiger partial charge in [-0.25, -0.2) is 0 Å². The number of aliphatic hydroxyl groups is 1. The van der Waals surface area contributed by atoms with Crippen molar-refractivity contribution in [3.05, 3.63) is 0 Å². The molecule has 0 aromatic heterocycles. The molecule has 0 aliphatic heterocycles. The van der Waals surface area contributed by atoms with Gasteiger partial charge in [0, 0.05) is 6.54 Å². The SMILES string of the molecule is CC[C@@H](C)CN(CC)C(C)O. The predicted octanol–water partition coefficient (Wildman–Crippen LogP) is 1.69. The van der Waals surface area contributed by atoms with Crippen LogP contribution in [0.15, 0.2) is 0 Å². The van der Waals surface area contributed by atoms with E-state index in [-0.39, 0.29) is 6.23 Å². The molecule has 0 amide bonds. The summed E-state index contributed by atoms with van der Waals surface area (Å²) in [4.78, 5) is 2.08. The summed E-state index contributed by atoms with van der Waals surface area (Å²) < 4.78 is 0. The Morgan fingerprint density at radius 1 is 1.27 bits per heavy atom. The number of aliphatic hydroxyl groups excluding tert-OH is 1. The summed E-state index contributed by atoms with van der Waals surface area (Å²) >= 11 is 0. The highest BCUT2D eigenvalue weighted by Gasteiger charge is 2.10. The predicted molar refractivity (Wildman–Crippen MR) is 48.4 cm³/mol. The van der Waals surface area contributed by atoms with E-state index < -0.39 is 0 Å². The fourth-order valence-electron chi connectivity index (χ4n) is 1.08. The first-order valence-electron chi connectivity index (χ1n) is 4.53. The highest BCUT2D eigenvalue weighted by atomic mass is 16.3. The van der Waals surface area contributed by atoms with E-state index in [2.05, 4.69) is 25.7 Å². The molecule has 0 aliphatic carbocycles. The highest BCUT2D eigenvalue weighted by Crippen LogP contribution is 2.05. The Bertz CT molecular complexity index is 93.6. The zero-order valence-corrected chi connectivity index (χ0v) is 8.17. The lowest BCUT2D eigenvalue weighted by atomic mass is 10.1. The quantitative estimate of drug-likeness (QED) is 0.617. The Hall–Kier alpha value is -0.0800. The van der Waals surface area contributed by atoms with Crippen LogP contribution < -0.4 is 0 Å². The fourth-order valence-corrected chi connectivity index (χ4v) is 1.08. The van der Waals surface area contributed by atoms with Crippen LogP contribution in [-0.2, 0) is 0 Å². The summed E-state index contributed by atoms with van der Waals surface area (Å²) in [5, 5.41) is 9.28. The second-order valence-corrected chi connectivity index (χ2v) is 3.23. The smallest absolute Gasteiger partial charge is 0.104 e. The third-order valence-corrected chi connectivity index (χ3v) is 2.18. The molecule has 0 aromatic carbocycles. The molecule has 0 aliphatic rings. The minimum atomic E-state index is -0.297. The molecule has 0 radical (unpaired) electrons. The lowest BCUT2D eigenvalue weighted by Gasteiger charge is -2.26. The summed E-state index contributed by atoms with van der Waals surface area (Å²) in [6, 6.07) is 0. The zero-order chi connectivity index (χ0) is 8.85. The summed E-state index contributed by atoms with van der Waals surface area (Å²) in [5.41, 5.74) is 0. The van der Waals surface area contributed by atoms with Gasteiger partial charge in [-0.2, -0.15) is 0 Å². The minimum absolute atomic E-state index is 0.297. The van der Waals surface area contributed by atoms with E-state index in [1.165, 1.54) is 6.42 Å².